The van der Waals surface area contributed by atoms with Crippen molar-refractivity contribution in [3.63, 3.8) is 0 Å². The van der Waals surface area contributed by atoms with Crippen LogP contribution in [0.5, 0.6) is 0 Å². The predicted molar refractivity (Wildman–Crippen MR) is 48.1 cm³/mol. The molecule has 0 unspecified atom stereocenters. The van der Waals surface area contributed by atoms with Gasteiger partial charge in [-0.15, -0.1) is 0 Å². The van der Waals surface area contributed by atoms with Crippen LogP contribution >= 0.6 is 11.6 Å². The van der Waals surface area contributed by atoms with E-state index in [2.05, 4.69) is 0 Å². The molecule has 0 bridgehead atoms. The fourth-order valence-corrected chi connectivity index (χ4v) is 1.52. The van der Waals surface area contributed by atoms with E-state index in [-0.39, 0.29) is 21.7 Å². The van der Waals surface area contributed by atoms with Crippen molar-refractivity contribution in [1.82, 2.24) is 0 Å². The minimum absolute atomic E-state index is 0.129. The van der Waals surface area contributed by atoms with Crippen LogP contribution in [0.3, 0.4) is 0 Å². The van der Waals surface area contributed by atoms with Gasteiger partial charge >= 0.3 is 5.97 Å². The molecule has 0 saturated heterocycles. The normalized spacial score (nSPS) is 10.6. The van der Waals surface area contributed by atoms with Crippen molar-refractivity contribution in [1.29, 1.82) is 0 Å². The van der Waals surface area contributed by atoms with Crippen molar-refractivity contribution in [2.45, 2.75) is 13.3 Å². The Labute approximate surface area is 84.1 Å². The summed E-state index contributed by atoms with van der Waals surface area (Å²) in [5, 5.41) is 8.54. The lowest BCUT2D eigenvalue weighted by Crippen LogP contribution is -2.02. The second kappa shape index (κ2) is 3.92. The van der Waals surface area contributed by atoms with E-state index in [9.17, 15) is 13.6 Å². The van der Waals surface area contributed by atoms with Crippen molar-refractivity contribution < 1.29 is 18.7 Å². The third-order valence-corrected chi connectivity index (χ3v) is 2.07. The van der Waals surface area contributed by atoms with Gasteiger partial charge in [-0.05, 0) is 24.6 Å². The molecule has 1 rings (SSSR count). The first-order valence-electron chi connectivity index (χ1n) is 3.75. The standard InChI is InChI=1S/C9H7ClF2O2/c1-4-2-5(8(11)12)3-6(10)7(4)9(13)14/h2-3,8H,1H3,(H,13,14). The molecule has 0 aliphatic rings. The number of aromatic carboxylic acids is 1. The minimum atomic E-state index is -2.64. The van der Waals surface area contributed by atoms with Gasteiger partial charge in [0.25, 0.3) is 6.43 Å². The van der Waals surface area contributed by atoms with Gasteiger partial charge in [0.1, 0.15) is 0 Å². The number of carbonyl (C=O) groups is 1. The van der Waals surface area contributed by atoms with Gasteiger partial charge in [-0.25, -0.2) is 13.6 Å². The lowest BCUT2D eigenvalue weighted by molar-refractivity contribution is 0.0696. The summed E-state index contributed by atoms with van der Waals surface area (Å²) in [7, 11) is 0. The van der Waals surface area contributed by atoms with Crippen LogP contribution in [0.1, 0.15) is 27.9 Å². The Morgan fingerprint density at radius 3 is 2.43 bits per heavy atom. The first-order valence-corrected chi connectivity index (χ1v) is 4.12. The van der Waals surface area contributed by atoms with Crippen LogP contribution in [0, 0.1) is 6.92 Å². The van der Waals surface area contributed by atoms with E-state index in [4.69, 9.17) is 16.7 Å². The maximum atomic E-state index is 12.3. The van der Waals surface area contributed by atoms with E-state index < -0.39 is 12.4 Å². The summed E-state index contributed by atoms with van der Waals surface area (Å²) in [4.78, 5) is 10.7. The van der Waals surface area contributed by atoms with Crippen molar-refractivity contribution in [2.24, 2.45) is 0 Å². The molecule has 1 aromatic carbocycles. The molecule has 1 aromatic rings. The number of hydrogen-bond donors (Lipinski definition) is 1. The van der Waals surface area contributed by atoms with Crippen molar-refractivity contribution in [3.8, 4) is 0 Å². The molecule has 76 valence electrons. The van der Waals surface area contributed by atoms with E-state index in [0.717, 1.165) is 12.1 Å². The molecule has 0 atom stereocenters. The second-order valence-corrected chi connectivity index (χ2v) is 3.21. The molecular formula is C9H7ClF2O2. The summed E-state index contributed by atoms with van der Waals surface area (Å²) in [6.45, 7) is 1.43. The zero-order chi connectivity index (χ0) is 10.9. The summed E-state index contributed by atoms with van der Waals surface area (Å²) < 4.78 is 24.5. The molecule has 0 heterocycles. The maximum absolute atomic E-state index is 12.3. The Hall–Kier alpha value is -1.16. The molecule has 14 heavy (non-hydrogen) atoms. The number of carboxylic acid groups (broad SMARTS) is 1. The van der Waals surface area contributed by atoms with Gasteiger partial charge in [0, 0.05) is 5.56 Å². The van der Waals surface area contributed by atoms with Crippen molar-refractivity contribution in [3.05, 3.63) is 33.8 Å². The van der Waals surface area contributed by atoms with Crippen molar-refractivity contribution in [2.75, 3.05) is 0 Å². The van der Waals surface area contributed by atoms with E-state index >= 15 is 0 Å². The Kier molecular flexibility index (Phi) is 3.06. The first kappa shape index (κ1) is 10.9. The Morgan fingerprint density at radius 1 is 1.50 bits per heavy atom. The van der Waals surface area contributed by atoms with Gasteiger partial charge in [0.05, 0.1) is 10.6 Å². The number of halogens is 3. The summed E-state index contributed by atoms with van der Waals surface area (Å²) in [6, 6.07) is 2.10. The first-order chi connectivity index (χ1) is 6.43. The average molecular weight is 221 g/mol. The number of benzene rings is 1. The SMILES string of the molecule is Cc1cc(C(F)F)cc(Cl)c1C(=O)O. The largest absolute Gasteiger partial charge is 0.478 e. The number of hydrogen-bond acceptors (Lipinski definition) is 1. The van der Waals surface area contributed by atoms with Gasteiger partial charge in [-0.2, -0.15) is 0 Å². The fourth-order valence-electron chi connectivity index (χ4n) is 1.17. The third kappa shape index (κ3) is 2.01. The number of rotatable bonds is 2. The van der Waals surface area contributed by atoms with E-state index in [0.29, 0.717) is 0 Å². The molecule has 1 N–H and O–H groups in total. The van der Waals surface area contributed by atoms with E-state index in [1.54, 1.807) is 0 Å². The van der Waals surface area contributed by atoms with Crippen LogP contribution < -0.4 is 0 Å². The zero-order valence-corrected chi connectivity index (χ0v) is 7.98. The Bertz CT molecular complexity index is 354. The molecule has 0 aliphatic carbocycles. The number of alkyl halides is 2. The molecular weight excluding hydrogens is 214 g/mol. The van der Waals surface area contributed by atoms with E-state index in [1.165, 1.54) is 6.92 Å². The monoisotopic (exact) mass is 220 g/mol. The molecule has 0 aromatic heterocycles. The molecule has 5 heteroatoms. The van der Waals surface area contributed by atoms with Gasteiger partial charge in [0.2, 0.25) is 0 Å². The molecule has 2 nitrogen and oxygen atoms in total. The zero-order valence-electron chi connectivity index (χ0n) is 7.22. The van der Waals surface area contributed by atoms with E-state index in [1.807, 2.05) is 0 Å². The quantitative estimate of drug-likeness (QED) is 0.831. The lowest BCUT2D eigenvalue weighted by Gasteiger charge is -2.06. The minimum Gasteiger partial charge on any atom is -0.478 e. The van der Waals surface area contributed by atoms with Gasteiger partial charge < -0.3 is 5.11 Å². The highest BCUT2D eigenvalue weighted by atomic mass is 35.5. The highest BCUT2D eigenvalue weighted by Gasteiger charge is 2.16. The van der Waals surface area contributed by atoms with Crippen LogP contribution in [0.15, 0.2) is 12.1 Å². The number of aryl methyl sites for hydroxylation is 1. The molecule has 0 saturated carbocycles. The van der Waals surface area contributed by atoms with Crippen LogP contribution in [-0.2, 0) is 0 Å². The van der Waals surface area contributed by atoms with Crippen LogP contribution in [0.2, 0.25) is 5.02 Å². The molecule has 0 radical (unpaired) electrons. The van der Waals surface area contributed by atoms with Gasteiger partial charge in [-0.1, -0.05) is 11.6 Å². The predicted octanol–water partition coefficient (Wildman–Crippen LogP) is 3.28. The topological polar surface area (TPSA) is 37.3 Å². The van der Waals surface area contributed by atoms with Gasteiger partial charge in [0.15, 0.2) is 0 Å². The highest BCUT2D eigenvalue weighted by Crippen LogP contribution is 2.27. The second-order valence-electron chi connectivity index (χ2n) is 2.80. The molecule has 0 spiro atoms. The fraction of sp³-hybridized carbons (Fsp3) is 0.222. The molecule has 0 fully saturated rings. The maximum Gasteiger partial charge on any atom is 0.337 e. The average Bonchev–Trinajstić information content (AvgIpc) is 2.01. The molecule has 0 aliphatic heterocycles. The molecule has 0 amide bonds. The lowest BCUT2D eigenvalue weighted by atomic mass is 10.1. The summed E-state index contributed by atoms with van der Waals surface area (Å²) in [6.07, 6.45) is -2.64. The highest BCUT2D eigenvalue weighted by molar-refractivity contribution is 6.33. The summed E-state index contributed by atoms with van der Waals surface area (Å²) >= 11 is 5.56. The van der Waals surface area contributed by atoms with Crippen LogP contribution in [0.25, 0.3) is 0 Å². The third-order valence-electron chi connectivity index (χ3n) is 1.78. The number of carboxylic acids is 1. The Morgan fingerprint density at radius 2 is 2.07 bits per heavy atom. The van der Waals surface area contributed by atoms with Crippen LogP contribution in [0.4, 0.5) is 8.78 Å². The Balaban J connectivity index is 3.32. The summed E-state index contributed by atoms with van der Waals surface area (Å²) in [5.41, 5.74) is -0.158. The van der Waals surface area contributed by atoms with Crippen LogP contribution in [-0.4, -0.2) is 11.1 Å². The summed E-state index contributed by atoms with van der Waals surface area (Å²) in [5.74, 6) is -1.21. The van der Waals surface area contributed by atoms with Gasteiger partial charge in [-0.3, -0.25) is 0 Å². The smallest absolute Gasteiger partial charge is 0.337 e. The van der Waals surface area contributed by atoms with Crippen molar-refractivity contribution >= 4 is 17.6 Å².